The molecule has 0 atom stereocenters. The smallest absolute Gasteiger partial charge is 0.224 e. The second-order valence-corrected chi connectivity index (χ2v) is 5.11. The summed E-state index contributed by atoms with van der Waals surface area (Å²) in [5.74, 6) is 0.221. The highest BCUT2D eigenvalue weighted by Crippen LogP contribution is 2.17. The van der Waals surface area contributed by atoms with Crippen LogP contribution < -0.4 is 5.32 Å². The Bertz CT molecular complexity index is 809. The number of carbonyl (C=O) groups is 1. The SMILES string of the molecule is Cc1nc2ccc(CC(=O)NCc3ccc(F)cc3)cc2o1. The maximum Gasteiger partial charge on any atom is 0.224 e. The Hall–Kier alpha value is -2.69. The molecule has 0 spiro atoms. The summed E-state index contributed by atoms with van der Waals surface area (Å²) in [5.41, 5.74) is 3.19. The third kappa shape index (κ3) is 3.31. The van der Waals surface area contributed by atoms with Gasteiger partial charge in [-0.1, -0.05) is 18.2 Å². The summed E-state index contributed by atoms with van der Waals surface area (Å²) < 4.78 is 18.3. The van der Waals surface area contributed by atoms with Crippen LogP contribution in [0.3, 0.4) is 0 Å². The van der Waals surface area contributed by atoms with Crippen molar-refractivity contribution in [3.63, 3.8) is 0 Å². The lowest BCUT2D eigenvalue weighted by atomic mass is 10.1. The van der Waals surface area contributed by atoms with E-state index in [0.717, 1.165) is 16.6 Å². The number of amides is 1. The van der Waals surface area contributed by atoms with Crippen LogP contribution >= 0.6 is 0 Å². The minimum Gasteiger partial charge on any atom is -0.441 e. The number of carbonyl (C=O) groups excluding carboxylic acids is 1. The molecule has 112 valence electrons. The first-order valence-electron chi connectivity index (χ1n) is 6.97. The van der Waals surface area contributed by atoms with E-state index in [1.807, 2.05) is 18.2 Å². The number of nitrogens with one attached hydrogen (secondary N) is 1. The van der Waals surface area contributed by atoms with E-state index in [9.17, 15) is 9.18 Å². The van der Waals surface area contributed by atoms with E-state index >= 15 is 0 Å². The fourth-order valence-corrected chi connectivity index (χ4v) is 2.24. The number of oxazole rings is 1. The molecule has 0 radical (unpaired) electrons. The topological polar surface area (TPSA) is 55.1 Å². The number of aromatic nitrogens is 1. The highest BCUT2D eigenvalue weighted by molar-refractivity contribution is 5.81. The molecule has 0 aliphatic rings. The Morgan fingerprint density at radius 2 is 1.91 bits per heavy atom. The highest BCUT2D eigenvalue weighted by atomic mass is 19.1. The second-order valence-electron chi connectivity index (χ2n) is 5.11. The van der Waals surface area contributed by atoms with E-state index < -0.39 is 0 Å². The zero-order chi connectivity index (χ0) is 15.5. The Kier molecular flexibility index (Phi) is 3.87. The van der Waals surface area contributed by atoms with Crippen molar-refractivity contribution in [2.75, 3.05) is 0 Å². The van der Waals surface area contributed by atoms with Crippen molar-refractivity contribution in [1.82, 2.24) is 10.3 Å². The monoisotopic (exact) mass is 298 g/mol. The van der Waals surface area contributed by atoms with E-state index in [-0.39, 0.29) is 18.1 Å². The molecule has 1 aromatic heterocycles. The average Bonchev–Trinajstić information content (AvgIpc) is 2.86. The Morgan fingerprint density at radius 1 is 1.18 bits per heavy atom. The van der Waals surface area contributed by atoms with Crippen molar-refractivity contribution in [3.8, 4) is 0 Å². The normalized spacial score (nSPS) is 10.8. The number of rotatable bonds is 4. The molecule has 0 fully saturated rings. The molecule has 5 heteroatoms. The van der Waals surface area contributed by atoms with Crippen LogP contribution in [0.15, 0.2) is 46.9 Å². The lowest BCUT2D eigenvalue weighted by molar-refractivity contribution is -0.120. The summed E-state index contributed by atoms with van der Waals surface area (Å²) in [4.78, 5) is 16.2. The van der Waals surface area contributed by atoms with Gasteiger partial charge in [0.05, 0.1) is 6.42 Å². The second kappa shape index (κ2) is 5.97. The first-order valence-corrected chi connectivity index (χ1v) is 6.97. The first kappa shape index (κ1) is 14.3. The summed E-state index contributed by atoms with van der Waals surface area (Å²) >= 11 is 0. The van der Waals surface area contributed by atoms with Gasteiger partial charge >= 0.3 is 0 Å². The van der Waals surface area contributed by atoms with Crippen LogP contribution in [-0.2, 0) is 17.8 Å². The van der Waals surface area contributed by atoms with E-state index in [1.165, 1.54) is 12.1 Å². The summed E-state index contributed by atoms with van der Waals surface area (Å²) in [5, 5.41) is 2.81. The van der Waals surface area contributed by atoms with Crippen molar-refractivity contribution in [2.45, 2.75) is 19.9 Å². The van der Waals surface area contributed by atoms with Crippen LogP contribution in [0.5, 0.6) is 0 Å². The van der Waals surface area contributed by atoms with Gasteiger partial charge in [0.2, 0.25) is 5.91 Å². The Labute approximate surface area is 127 Å². The molecule has 0 saturated carbocycles. The van der Waals surface area contributed by atoms with E-state index in [4.69, 9.17) is 4.42 Å². The van der Waals surface area contributed by atoms with Crippen LogP contribution in [0.2, 0.25) is 0 Å². The summed E-state index contributed by atoms with van der Waals surface area (Å²) in [6.07, 6.45) is 0.261. The molecule has 3 rings (SSSR count). The van der Waals surface area contributed by atoms with E-state index in [2.05, 4.69) is 10.3 Å². The third-order valence-corrected chi connectivity index (χ3v) is 3.33. The predicted molar refractivity (Wildman–Crippen MR) is 80.7 cm³/mol. The van der Waals surface area contributed by atoms with Gasteiger partial charge in [0, 0.05) is 13.5 Å². The average molecular weight is 298 g/mol. The first-order chi connectivity index (χ1) is 10.6. The zero-order valence-corrected chi connectivity index (χ0v) is 12.1. The van der Waals surface area contributed by atoms with E-state index in [0.29, 0.717) is 18.0 Å². The maximum absolute atomic E-state index is 12.8. The van der Waals surface area contributed by atoms with E-state index in [1.54, 1.807) is 19.1 Å². The molecule has 1 amide bonds. The molecule has 0 aliphatic carbocycles. The van der Waals surface area contributed by atoms with Crippen molar-refractivity contribution >= 4 is 17.0 Å². The van der Waals surface area contributed by atoms with Gasteiger partial charge in [0.1, 0.15) is 11.3 Å². The van der Waals surface area contributed by atoms with Gasteiger partial charge in [-0.3, -0.25) is 4.79 Å². The highest BCUT2D eigenvalue weighted by Gasteiger charge is 2.07. The molecule has 0 unspecified atom stereocenters. The van der Waals surface area contributed by atoms with Crippen molar-refractivity contribution in [3.05, 3.63) is 65.3 Å². The van der Waals surface area contributed by atoms with Crippen LogP contribution in [-0.4, -0.2) is 10.9 Å². The van der Waals surface area contributed by atoms with Gasteiger partial charge in [0.25, 0.3) is 0 Å². The van der Waals surface area contributed by atoms with Gasteiger partial charge in [0.15, 0.2) is 11.5 Å². The molecule has 3 aromatic rings. The molecule has 1 N–H and O–H groups in total. The minimum atomic E-state index is -0.286. The van der Waals surface area contributed by atoms with Crippen LogP contribution in [0.4, 0.5) is 4.39 Å². The number of hydrogen-bond acceptors (Lipinski definition) is 3. The summed E-state index contributed by atoms with van der Waals surface area (Å²) in [6, 6.07) is 11.6. The minimum absolute atomic E-state index is 0.0973. The Morgan fingerprint density at radius 3 is 2.68 bits per heavy atom. The van der Waals surface area contributed by atoms with Gasteiger partial charge in [-0.05, 0) is 35.4 Å². The molecular weight excluding hydrogens is 283 g/mol. The van der Waals surface area contributed by atoms with Crippen LogP contribution in [0, 0.1) is 12.7 Å². The number of halogens is 1. The molecule has 0 bridgehead atoms. The van der Waals surface area contributed by atoms with Crippen LogP contribution in [0.25, 0.3) is 11.1 Å². The number of nitrogens with zero attached hydrogens (tertiary/aromatic N) is 1. The maximum atomic E-state index is 12.8. The molecule has 0 saturated heterocycles. The van der Waals surface area contributed by atoms with Crippen molar-refractivity contribution in [2.24, 2.45) is 0 Å². The fourth-order valence-electron chi connectivity index (χ4n) is 2.24. The van der Waals surface area contributed by atoms with Crippen LogP contribution in [0.1, 0.15) is 17.0 Å². The number of benzene rings is 2. The molecule has 4 nitrogen and oxygen atoms in total. The summed E-state index contributed by atoms with van der Waals surface area (Å²) in [6.45, 7) is 2.16. The molecule has 0 aliphatic heterocycles. The predicted octanol–water partition coefficient (Wildman–Crippen LogP) is 3.13. The number of hydrogen-bond donors (Lipinski definition) is 1. The standard InChI is InChI=1S/C17H15FN2O2/c1-11-20-15-7-4-13(8-16(15)22-11)9-17(21)19-10-12-2-5-14(18)6-3-12/h2-8H,9-10H2,1H3,(H,19,21). The van der Waals surface area contributed by atoms with Gasteiger partial charge < -0.3 is 9.73 Å². The molecule has 2 aromatic carbocycles. The number of fused-ring (bicyclic) bond motifs is 1. The Balaban J connectivity index is 1.61. The molecule has 22 heavy (non-hydrogen) atoms. The molecule has 1 heterocycles. The lowest BCUT2D eigenvalue weighted by Crippen LogP contribution is -2.24. The third-order valence-electron chi connectivity index (χ3n) is 3.33. The zero-order valence-electron chi connectivity index (χ0n) is 12.1. The summed E-state index contributed by atoms with van der Waals surface area (Å²) in [7, 11) is 0. The van der Waals surface area contributed by atoms with Crippen molar-refractivity contribution < 1.29 is 13.6 Å². The van der Waals surface area contributed by atoms with Gasteiger partial charge in [-0.25, -0.2) is 9.37 Å². The lowest BCUT2D eigenvalue weighted by Gasteiger charge is -2.05. The van der Waals surface area contributed by atoms with Crippen molar-refractivity contribution in [1.29, 1.82) is 0 Å². The number of aryl methyl sites for hydroxylation is 1. The quantitative estimate of drug-likeness (QED) is 0.805. The van der Waals surface area contributed by atoms with Gasteiger partial charge in [-0.15, -0.1) is 0 Å². The largest absolute Gasteiger partial charge is 0.441 e. The van der Waals surface area contributed by atoms with Gasteiger partial charge in [-0.2, -0.15) is 0 Å². The fraction of sp³-hybridized carbons (Fsp3) is 0.176. The molecular formula is C17H15FN2O2.